The van der Waals surface area contributed by atoms with Gasteiger partial charge in [-0.25, -0.2) is 4.79 Å². The van der Waals surface area contributed by atoms with Gasteiger partial charge in [0.05, 0.1) is 6.26 Å². The van der Waals surface area contributed by atoms with Gasteiger partial charge in [0.2, 0.25) is 0 Å². The van der Waals surface area contributed by atoms with E-state index < -0.39 is 0 Å². The topological polar surface area (TPSA) is 30.2 Å². The summed E-state index contributed by atoms with van der Waals surface area (Å²) >= 11 is 0. The van der Waals surface area contributed by atoms with Crippen molar-refractivity contribution in [2.45, 2.75) is 13.8 Å². The molecule has 9 heavy (non-hydrogen) atoms. The summed E-state index contributed by atoms with van der Waals surface area (Å²) < 4.78 is 4.63. The standard InChI is InChI=1S/C7H8O2/c1-5-3-6(2)7(8)9-4-5/h3-4H,1-2H3. The highest BCUT2D eigenvalue weighted by atomic mass is 16.4. The summed E-state index contributed by atoms with van der Waals surface area (Å²) in [6.07, 6.45) is 1.45. The Hall–Kier alpha value is -1.05. The molecule has 1 rings (SSSR count). The fraction of sp³-hybridized carbons (Fsp3) is 0.286. The average molecular weight is 124 g/mol. The van der Waals surface area contributed by atoms with E-state index in [1.807, 2.05) is 6.92 Å². The fourth-order valence-electron chi connectivity index (χ4n) is 0.674. The van der Waals surface area contributed by atoms with Crippen LogP contribution in [0.5, 0.6) is 0 Å². The van der Waals surface area contributed by atoms with Gasteiger partial charge in [0.25, 0.3) is 0 Å². The van der Waals surface area contributed by atoms with Crippen LogP contribution in [-0.2, 0) is 0 Å². The summed E-state index contributed by atoms with van der Waals surface area (Å²) in [6, 6.07) is 1.80. The quantitative estimate of drug-likeness (QED) is 0.521. The van der Waals surface area contributed by atoms with E-state index >= 15 is 0 Å². The molecule has 48 valence electrons. The Balaban J connectivity index is 3.34. The maximum atomic E-state index is 10.6. The largest absolute Gasteiger partial charge is 0.431 e. The van der Waals surface area contributed by atoms with Crippen LogP contribution >= 0.6 is 0 Å². The van der Waals surface area contributed by atoms with Gasteiger partial charge in [0.1, 0.15) is 0 Å². The smallest absolute Gasteiger partial charge is 0.338 e. The maximum absolute atomic E-state index is 10.6. The molecular weight excluding hydrogens is 116 g/mol. The molecule has 0 unspecified atom stereocenters. The second-order valence-corrected chi connectivity index (χ2v) is 2.09. The third-order valence-corrected chi connectivity index (χ3v) is 1.12. The van der Waals surface area contributed by atoms with E-state index in [0.717, 1.165) is 5.56 Å². The highest BCUT2D eigenvalue weighted by Crippen LogP contribution is 1.94. The number of aryl methyl sites for hydroxylation is 2. The van der Waals surface area contributed by atoms with Gasteiger partial charge < -0.3 is 4.42 Å². The van der Waals surface area contributed by atoms with Gasteiger partial charge in [0.15, 0.2) is 0 Å². The van der Waals surface area contributed by atoms with Gasteiger partial charge in [0, 0.05) is 5.56 Å². The molecule has 0 aliphatic rings. The minimum absolute atomic E-state index is 0.249. The van der Waals surface area contributed by atoms with Crippen LogP contribution < -0.4 is 5.63 Å². The number of hydrogen-bond acceptors (Lipinski definition) is 2. The van der Waals surface area contributed by atoms with Gasteiger partial charge in [-0.2, -0.15) is 0 Å². The first-order valence-electron chi connectivity index (χ1n) is 2.76. The van der Waals surface area contributed by atoms with E-state index in [1.54, 1.807) is 13.0 Å². The molecule has 1 aromatic heterocycles. The van der Waals surface area contributed by atoms with E-state index in [1.165, 1.54) is 6.26 Å². The van der Waals surface area contributed by atoms with E-state index in [4.69, 9.17) is 0 Å². The highest BCUT2D eigenvalue weighted by molar-refractivity contribution is 5.12. The third-order valence-electron chi connectivity index (χ3n) is 1.12. The molecular formula is C7H8O2. The van der Waals surface area contributed by atoms with Crippen molar-refractivity contribution >= 4 is 0 Å². The van der Waals surface area contributed by atoms with Crippen LogP contribution in [-0.4, -0.2) is 0 Å². The molecule has 0 spiro atoms. The van der Waals surface area contributed by atoms with Gasteiger partial charge >= 0.3 is 5.63 Å². The molecule has 0 N–H and O–H groups in total. The lowest BCUT2D eigenvalue weighted by Gasteiger charge is -1.89. The Morgan fingerprint density at radius 3 is 2.56 bits per heavy atom. The second-order valence-electron chi connectivity index (χ2n) is 2.09. The lowest BCUT2D eigenvalue weighted by Crippen LogP contribution is -2.01. The fourth-order valence-corrected chi connectivity index (χ4v) is 0.674. The molecule has 0 aromatic carbocycles. The molecule has 2 nitrogen and oxygen atoms in total. The summed E-state index contributed by atoms with van der Waals surface area (Å²) in [7, 11) is 0. The maximum Gasteiger partial charge on any atom is 0.338 e. The van der Waals surface area contributed by atoms with Crippen molar-refractivity contribution in [3.8, 4) is 0 Å². The van der Waals surface area contributed by atoms with Crippen molar-refractivity contribution in [1.82, 2.24) is 0 Å². The van der Waals surface area contributed by atoms with Crippen molar-refractivity contribution in [3.63, 3.8) is 0 Å². The Morgan fingerprint density at radius 2 is 2.11 bits per heavy atom. The van der Waals surface area contributed by atoms with Gasteiger partial charge in [-0.1, -0.05) is 0 Å². The molecule has 0 saturated carbocycles. The highest BCUT2D eigenvalue weighted by Gasteiger charge is 1.91. The molecule has 0 amide bonds. The Labute approximate surface area is 53.1 Å². The zero-order chi connectivity index (χ0) is 6.85. The molecule has 1 heterocycles. The summed E-state index contributed by atoms with van der Waals surface area (Å²) in [5.41, 5.74) is 1.39. The van der Waals surface area contributed by atoms with E-state index in [0.29, 0.717) is 5.56 Å². The van der Waals surface area contributed by atoms with Crippen molar-refractivity contribution in [3.05, 3.63) is 33.9 Å². The van der Waals surface area contributed by atoms with Gasteiger partial charge in [-0.3, -0.25) is 0 Å². The number of rotatable bonds is 0. The van der Waals surface area contributed by atoms with Crippen molar-refractivity contribution in [2.24, 2.45) is 0 Å². The molecule has 0 aliphatic heterocycles. The molecule has 0 bridgehead atoms. The Kier molecular flexibility index (Phi) is 1.39. The summed E-state index contributed by atoms with van der Waals surface area (Å²) in [6.45, 7) is 3.62. The molecule has 0 aliphatic carbocycles. The zero-order valence-corrected chi connectivity index (χ0v) is 5.47. The van der Waals surface area contributed by atoms with Crippen LogP contribution in [0.3, 0.4) is 0 Å². The first-order chi connectivity index (χ1) is 4.20. The average Bonchev–Trinajstić information content (AvgIpc) is 1.80. The lowest BCUT2D eigenvalue weighted by atomic mass is 10.2. The van der Waals surface area contributed by atoms with Crippen LogP contribution in [0.4, 0.5) is 0 Å². The normalized spacial score (nSPS) is 9.56. The monoisotopic (exact) mass is 124 g/mol. The molecule has 0 saturated heterocycles. The van der Waals surface area contributed by atoms with Crippen LogP contribution in [0, 0.1) is 13.8 Å². The third kappa shape index (κ3) is 1.19. The van der Waals surface area contributed by atoms with Crippen LogP contribution in [0.15, 0.2) is 21.5 Å². The number of hydrogen-bond donors (Lipinski definition) is 0. The zero-order valence-electron chi connectivity index (χ0n) is 5.47. The minimum atomic E-state index is -0.249. The van der Waals surface area contributed by atoms with Gasteiger partial charge in [-0.15, -0.1) is 0 Å². The van der Waals surface area contributed by atoms with Crippen LogP contribution in [0.1, 0.15) is 11.1 Å². The first kappa shape index (κ1) is 6.08. The van der Waals surface area contributed by atoms with E-state index in [9.17, 15) is 4.79 Å². The Morgan fingerprint density at radius 1 is 1.44 bits per heavy atom. The first-order valence-corrected chi connectivity index (χ1v) is 2.76. The Bertz CT molecular complexity index is 260. The lowest BCUT2D eigenvalue weighted by molar-refractivity contribution is 0.501. The SMILES string of the molecule is Cc1coc(=O)c(C)c1. The summed E-state index contributed by atoms with van der Waals surface area (Å²) in [5.74, 6) is 0. The van der Waals surface area contributed by atoms with Crippen molar-refractivity contribution in [2.75, 3.05) is 0 Å². The van der Waals surface area contributed by atoms with E-state index in [-0.39, 0.29) is 5.63 Å². The minimum Gasteiger partial charge on any atom is -0.431 e. The molecule has 1 aromatic rings. The predicted molar refractivity (Wildman–Crippen MR) is 34.5 cm³/mol. The summed E-state index contributed by atoms with van der Waals surface area (Å²) in [5, 5.41) is 0. The second kappa shape index (κ2) is 2.05. The van der Waals surface area contributed by atoms with E-state index in [2.05, 4.69) is 4.42 Å². The van der Waals surface area contributed by atoms with Crippen LogP contribution in [0.2, 0.25) is 0 Å². The molecule has 0 radical (unpaired) electrons. The molecule has 0 atom stereocenters. The van der Waals surface area contributed by atoms with Gasteiger partial charge in [-0.05, 0) is 25.5 Å². The summed E-state index contributed by atoms with van der Waals surface area (Å²) in [4.78, 5) is 10.6. The molecule has 2 heteroatoms. The predicted octanol–water partition coefficient (Wildman–Crippen LogP) is 1.26. The van der Waals surface area contributed by atoms with Crippen molar-refractivity contribution in [1.29, 1.82) is 0 Å². The molecule has 0 fully saturated rings. The van der Waals surface area contributed by atoms with Crippen LogP contribution in [0.25, 0.3) is 0 Å². The van der Waals surface area contributed by atoms with Crippen molar-refractivity contribution < 1.29 is 4.42 Å².